The maximum Gasteiger partial charge on any atom is 0.202 e. The number of ketones is 1. The van der Waals surface area contributed by atoms with E-state index < -0.39 is 0 Å². The van der Waals surface area contributed by atoms with E-state index in [1.807, 2.05) is 60.7 Å². The summed E-state index contributed by atoms with van der Waals surface area (Å²) in [6.45, 7) is 0. The third kappa shape index (κ3) is 2.86. The van der Waals surface area contributed by atoms with Crippen LogP contribution in [0.25, 0.3) is 11.1 Å². The van der Waals surface area contributed by atoms with Gasteiger partial charge in [-0.3, -0.25) is 4.79 Å². The average molecular weight is 422 g/mol. The van der Waals surface area contributed by atoms with Crippen LogP contribution in [-0.4, -0.2) is 5.78 Å². The number of carbonyl (C=O) groups excluding carboxylic acids is 1. The first-order valence-electron chi connectivity index (χ1n) is 8.23. The number of fused-ring (bicyclic) bond motifs is 1. The van der Waals surface area contributed by atoms with Crippen LogP contribution < -0.4 is 0 Å². The molecule has 0 fully saturated rings. The minimum absolute atomic E-state index is 0.0881. The molecule has 26 heavy (non-hydrogen) atoms. The monoisotopic (exact) mass is 420 g/mol. The Morgan fingerprint density at radius 3 is 1.69 bits per heavy atom. The second-order valence-corrected chi connectivity index (χ2v) is 7.16. The molecular formula is C23H14BrClO. The Kier molecular flexibility index (Phi) is 4.62. The highest BCUT2D eigenvalue weighted by molar-refractivity contribution is 9.12. The zero-order valence-electron chi connectivity index (χ0n) is 13.7. The average Bonchev–Trinajstić information content (AvgIpc) is 2.71. The number of allylic oxidation sites excluding steroid dienone is 3. The molecule has 0 amide bonds. The van der Waals surface area contributed by atoms with Crippen molar-refractivity contribution in [3.8, 4) is 0 Å². The zero-order valence-corrected chi connectivity index (χ0v) is 16.1. The molecule has 0 aliphatic heterocycles. The lowest BCUT2D eigenvalue weighted by Gasteiger charge is -2.23. The first kappa shape index (κ1) is 17.0. The molecule has 0 spiro atoms. The summed E-state index contributed by atoms with van der Waals surface area (Å²) in [5.41, 5.74) is 5.49. The highest BCUT2D eigenvalue weighted by atomic mass is 79.9. The third-order valence-electron chi connectivity index (χ3n) is 4.43. The van der Waals surface area contributed by atoms with Crippen molar-refractivity contribution >= 4 is 44.5 Å². The van der Waals surface area contributed by atoms with Crippen molar-refractivity contribution in [2.45, 2.75) is 0 Å². The Labute approximate surface area is 165 Å². The van der Waals surface area contributed by atoms with E-state index in [0.717, 1.165) is 27.8 Å². The number of Topliss-reactive ketones (excluding diaryl/α,β-unsaturated/α-hetero) is 1. The lowest BCUT2D eigenvalue weighted by atomic mass is 9.84. The summed E-state index contributed by atoms with van der Waals surface area (Å²) in [6.07, 6.45) is 0. The molecule has 3 aromatic rings. The van der Waals surface area contributed by atoms with Crippen molar-refractivity contribution in [2.24, 2.45) is 0 Å². The standard InChI is InChI=1S/C23H14BrClO/c24-21-22(25)20(17-13-7-8-14-18(17)23(21)26)19(15-9-3-1-4-10-15)16-11-5-2-6-12-16/h1-14H. The van der Waals surface area contributed by atoms with Crippen molar-refractivity contribution in [2.75, 3.05) is 0 Å². The molecule has 1 aliphatic rings. The smallest absolute Gasteiger partial charge is 0.202 e. The summed E-state index contributed by atoms with van der Waals surface area (Å²) < 4.78 is 0.400. The van der Waals surface area contributed by atoms with Gasteiger partial charge in [-0.2, -0.15) is 0 Å². The highest BCUT2D eigenvalue weighted by Gasteiger charge is 2.30. The van der Waals surface area contributed by atoms with Crippen molar-refractivity contribution < 1.29 is 4.79 Å². The molecule has 0 bridgehead atoms. The van der Waals surface area contributed by atoms with Crippen LogP contribution in [0.5, 0.6) is 0 Å². The van der Waals surface area contributed by atoms with E-state index in [1.54, 1.807) is 0 Å². The number of rotatable bonds is 2. The van der Waals surface area contributed by atoms with Crippen molar-refractivity contribution in [3.05, 3.63) is 117 Å². The number of halogens is 2. The quantitative estimate of drug-likeness (QED) is 0.450. The van der Waals surface area contributed by atoms with E-state index in [9.17, 15) is 4.79 Å². The van der Waals surface area contributed by atoms with Gasteiger partial charge in [0.25, 0.3) is 0 Å². The van der Waals surface area contributed by atoms with Gasteiger partial charge in [-0.15, -0.1) is 0 Å². The molecule has 0 N–H and O–H groups in total. The van der Waals surface area contributed by atoms with Crippen molar-refractivity contribution in [1.82, 2.24) is 0 Å². The normalized spacial score (nSPS) is 13.6. The Morgan fingerprint density at radius 2 is 1.15 bits per heavy atom. The van der Waals surface area contributed by atoms with Gasteiger partial charge in [0.2, 0.25) is 5.78 Å². The summed E-state index contributed by atoms with van der Waals surface area (Å²) in [5.74, 6) is -0.0881. The Balaban J connectivity index is 2.14. The molecule has 4 rings (SSSR count). The van der Waals surface area contributed by atoms with Crippen LogP contribution in [0.4, 0.5) is 0 Å². The van der Waals surface area contributed by atoms with E-state index in [-0.39, 0.29) is 5.78 Å². The van der Waals surface area contributed by atoms with E-state index in [0.29, 0.717) is 15.1 Å². The molecule has 0 saturated heterocycles. The van der Waals surface area contributed by atoms with Gasteiger partial charge in [-0.05, 0) is 38.2 Å². The van der Waals surface area contributed by atoms with Crippen LogP contribution in [0.1, 0.15) is 27.0 Å². The Morgan fingerprint density at radius 1 is 0.692 bits per heavy atom. The van der Waals surface area contributed by atoms with Crippen molar-refractivity contribution in [3.63, 3.8) is 0 Å². The van der Waals surface area contributed by atoms with Crippen LogP contribution in [-0.2, 0) is 0 Å². The predicted molar refractivity (Wildman–Crippen MR) is 111 cm³/mol. The first-order valence-corrected chi connectivity index (χ1v) is 9.40. The van der Waals surface area contributed by atoms with Crippen LogP contribution in [0.3, 0.4) is 0 Å². The van der Waals surface area contributed by atoms with Crippen molar-refractivity contribution in [1.29, 1.82) is 0 Å². The fourth-order valence-corrected chi connectivity index (χ4v) is 3.95. The SMILES string of the molecule is O=C1C(Br)=C(Cl)C(=C(c2ccccc2)c2ccccc2)c2ccccc21. The minimum atomic E-state index is -0.0881. The van der Waals surface area contributed by atoms with Gasteiger partial charge in [0.15, 0.2) is 0 Å². The molecule has 3 heteroatoms. The lowest BCUT2D eigenvalue weighted by molar-refractivity contribution is 0.104. The topological polar surface area (TPSA) is 17.1 Å². The summed E-state index contributed by atoms with van der Waals surface area (Å²) in [7, 11) is 0. The largest absolute Gasteiger partial charge is 0.288 e. The van der Waals surface area contributed by atoms with Gasteiger partial charge in [0.05, 0.1) is 9.51 Å². The second kappa shape index (κ2) is 7.06. The second-order valence-electron chi connectivity index (χ2n) is 5.98. The van der Waals surface area contributed by atoms with E-state index in [2.05, 4.69) is 40.2 Å². The van der Waals surface area contributed by atoms with E-state index in [4.69, 9.17) is 11.6 Å². The summed E-state index contributed by atoms with van der Waals surface area (Å²) in [5, 5.41) is 0.441. The summed E-state index contributed by atoms with van der Waals surface area (Å²) in [4.78, 5) is 12.7. The van der Waals surface area contributed by atoms with E-state index in [1.165, 1.54) is 0 Å². The van der Waals surface area contributed by atoms with E-state index >= 15 is 0 Å². The third-order valence-corrected chi connectivity index (χ3v) is 5.79. The van der Waals surface area contributed by atoms with Crippen LogP contribution in [0.15, 0.2) is 94.4 Å². The number of hydrogen-bond acceptors (Lipinski definition) is 1. The van der Waals surface area contributed by atoms with Gasteiger partial charge in [-0.25, -0.2) is 0 Å². The van der Waals surface area contributed by atoms with Gasteiger partial charge in [0.1, 0.15) is 0 Å². The van der Waals surface area contributed by atoms with Gasteiger partial charge < -0.3 is 0 Å². The molecule has 0 aromatic heterocycles. The predicted octanol–water partition coefficient (Wildman–Crippen LogP) is 6.69. The van der Waals surface area contributed by atoms with Gasteiger partial charge in [-0.1, -0.05) is 96.5 Å². The van der Waals surface area contributed by atoms with Gasteiger partial charge in [0, 0.05) is 11.1 Å². The molecule has 3 aromatic carbocycles. The molecule has 0 saturated carbocycles. The Bertz CT molecular complexity index is 1010. The molecule has 0 unspecified atom stereocenters. The van der Waals surface area contributed by atoms with Gasteiger partial charge >= 0.3 is 0 Å². The molecule has 1 nitrogen and oxygen atoms in total. The van der Waals surface area contributed by atoms with Crippen LogP contribution >= 0.6 is 27.5 Å². The molecule has 1 aliphatic carbocycles. The highest BCUT2D eigenvalue weighted by Crippen LogP contribution is 2.45. The summed E-state index contributed by atoms with van der Waals surface area (Å²) in [6, 6.07) is 27.9. The maximum absolute atomic E-state index is 12.7. The molecule has 126 valence electrons. The molecular weight excluding hydrogens is 408 g/mol. The molecule has 0 radical (unpaired) electrons. The zero-order chi connectivity index (χ0) is 18.1. The number of carbonyl (C=O) groups is 1. The van der Waals surface area contributed by atoms with Crippen LogP contribution in [0.2, 0.25) is 0 Å². The fourth-order valence-electron chi connectivity index (χ4n) is 3.25. The Hall–Kier alpha value is -2.42. The lowest BCUT2D eigenvalue weighted by Crippen LogP contribution is -2.12. The molecule has 0 heterocycles. The maximum atomic E-state index is 12.7. The van der Waals surface area contributed by atoms with Crippen LogP contribution in [0, 0.1) is 0 Å². The molecule has 0 atom stereocenters. The number of hydrogen-bond donors (Lipinski definition) is 0. The summed E-state index contributed by atoms with van der Waals surface area (Å²) >= 11 is 10.1. The minimum Gasteiger partial charge on any atom is -0.288 e. The first-order chi connectivity index (χ1) is 12.7. The fraction of sp³-hybridized carbons (Fsp3) is 0. The number of benzene rings is 3.